The molecule has 0 fully saturated rings. The Morgan fingerprint density at radius 1 is 1.32 bits per heavy atom. The normalized spacial score (nSPS) is 11.3. The van der Waals surface area contributed by atoms with Gasteiger partial charge in [0, 0.05) is 25.4 Å². The second-order valence-corrected chi connectivity index (χ2v) is 4.95. The Balaban J connectivity index is 2.45. The van der Waals surface area contributed by atoms with Gasteiger partial charge in [0.15, 0.2) is 0 Å². The summed E-state index contributed by atoms with van der Waals surface area (Å²) in [6.45, 7) is 3.55. The van der Waals surface area contributed by atoms with Crippen LogP contribution >= 0.6 is 11.6 Å². The topological polar surface area (TPSA) is 50.4 Å². The van der Waals surface area contributed by atoms with Gasteiger partial charge in [0.2, 0.25) is 0 Å². The Bertz CT molecular complexity index is 495. The molecule has 22 heavy (non-hydrogen) atoms. The van der Waals surface area contributed by atoms with E-state index in [1.807, 2.05) is 6.92 Å². The van der Waals surface area contributed by atoms with E-state index in [0.717, 1.165) is 18.6 Å². The first kappa shape index (κ1) is 18.6. The van der Waals surface area contributed by atoms with Gasteiger partial charge in [-0.15, -0.1) is 0 Å². The molecule has 124 valence electrons. The zero-order chi connectivity index (χ0) is 16.6. The lowest BCUT2D eigenvalue weighted by Gasteiger charge is -2.12. The number of amides is 2. The molecule has 0 aromatic heterocycles. The van der Waals surface area contributed by atoms with Gasteiger partial charge < -0.3 is 15.4 Å². The van der Waals surface area contributed by atoms with Crippen molar-refractivity contribution in [2.45, 2.75) is 25.9 Å². The number of hydrogen-bond donors (Lipinski definition) is 2. The Kier molecular flexibility index (Phi) is 7.47. The van der Waals surface area contributed by atoms with E-state index in [4.69, 9.17) is 16.3 Å². The predicted octanol–water partition coefficient (Wildman–Crippen LogP) is 4.30. The van der Waals surface area contributed by atoms with E-state index in [-0.39, 0.29) is 5.69 Å². The zero-order valence-electron chi connectivity index (χ0n) is 12.1. The zero-order valence-corrected chi connectivity index (χ0v) is 12.9. The minimum absolute atomic E-state index is 0.0245. The highest BCUT2D eigenvalue weighted by Crippen LogP contribution is 2.36. The molecule has 0 radical (unpaired) electrons. The quantitative estimate of drug-likeness (QED) is 0.728. The molecule has 0 saturated heterocycles. The molecule has 0 aliphatic carbocycles. The van der Waals surface area contributed by atoms with Gasteiger partial charge in [-0.1, -0.05) is 18.5 Å². The number of benzene rings is 1. The molecule has 1 rings (SSSR count). The van der Waals surface area contributed by atoms with Crippen LogP contribution in [0.15, 0.2) is 18.2 Å². The van der Waals surface area contributed by atoms with Gasteiger partial charge in [-0.05, 0) is 31.0 Å². The minimum atomic E-state index is -4.57. The Hall–Kier alpha value is -1.47. The number of carbonyl (C=O) groups excluding carboxylic acids is 1. The number of halogens is 4. The molecule has 0 bridgehead atoms. The van der Waals surface area contributed by atoms with Crippen molar-refractivity contribution in [1.29, 1.82) is 0 Å². The fourth-order valence-corrected chi connectivity index (χ4v) is 1.84. The Morgan fingerprint density at radius 3 is 2.68 bits per heavy atom. The second-order valence-electron chi connectivity index (χ2n) is 4.54. The van der Waals surface area contributed by atoms with Crippen LogP contribution < -0.4 is 10.6 Å². The maximum absolute atomic E-state index is 12.7. The fraction of sp³-hybridized carbons (Fsp3) is 0.500. The lowest BCUT2D eigenvalue weighted by Crippen LogP contribution is -2.30. The van der Waals surface area contributed by atoms with Crippen LogP contribution in [0.5, 0.6) is 0 Å². The number of ether oxygens (including phenoxy) is 1. The SMILES string of the molecule is CCCOCCCNC(=O)Nc1ccc(Cl)c(C(F)(F)F)c1. The second kappa shape index (κ2) is 8.85. The molecule has 0 atom stereocenters. The summed E-state index contributed by atoms with van der Waals surface area (Å²) in [4.78, 5) is 11.6. The Morgan fingerprint density at radius 2 is 2.05 bits per heavy atom. The van der Waals surface area contributed by atoms with E-state index >= 15 is 0 Å². The number of anilines is 1. The van der Waals surface area contributed by atoms with Crippen molar-refractivity contribution >= 4 is 23.3 Å². The van der Waals surface area contributed by atoms with Crippen molar-refractivity contribution in [3.63, 3.8) is 0 Å². The summed E-state index contributed by atoms with van der Waals surface area (Å²) >= 11 is 5.50. The lowest BCUT2D eigenvalue weighted by atomic mass is 10.2. The van der Waals surface area contributed by atoms with Gasteiger partial charge in [-0.25, -0.2) is 4.79 Å². The molecule has 0 aliphatic rings. The third kappa shape index (κ3) is 6.53. The number of carbonyl (C=O) groups is 1. The van der Waals surface area contributed by atoms with Crippen LogP contribution in [-0.4, -0.2) is 25.8 Å². The van der Waals surface area contributed by atoms with Crippen molar-refractivity contribution in [2.24, 2.45) is 0 Å². The highest BCUT2D eigenvalue weighted by atomic mass is 35.5. The van der Waals surface area contributed by atoms with E-state index in [1.165, 1.54) is 6.07 Å². The molecular weight excluding hydrogens is 321 g/mol. The smallest absolute Gasteiger partial charge is 0.381 e. The maximum Gasteiger partial charge on any atom is 0.417 e. The molecule has 0 aliphatic heterocycles. The van der Waals surface area contributed by atoms with Crippen molar-refractivity contribution in [3.05, 3.63) is 28.8 Å². The predicted molar refractivity (Wildman–Crippen MR) is 79.2 cm³/mol. The molecule has 2 N–H and O–H groups in total. The van der Waals surface area contributed by atoms with Gasteiger partial charge in [0.1, 0.15) is 0 Å². The summed E-state index contributed by atoms with van der Waals surface area (Å²) in [6, 6.07) is 2.62. The molecule has 8 heteroatoms. The van der Waals surface area contributed by atoms with Gasteiger partial charge in [-0.3, -0.25) is 0 Å². The van der Waals surface area contributed by atoms with E-state index in [0.29, 0.717) is 26.2 Å². The van der Waals surface area contributed by atoms with Crippen LogP contribution in [0.3, 0.4) is 0 Å². The number of urea groups is 1. The summed E-state index contributed by atoms with van der Waals surface area (Å²) in [7, 11) is 0. The van der Waals surface area contributed by atoms with Crippen LogP contribution in [-0.2, 0) is 10.9 Å². The number of rotatable bonds is 7. The first-order valence-corrected chi connectivity index (χ1v) is 7.21. The van der Waals surface area contributed by atoms with Crippen LogP contribution in [0.1, 0.15) is 25.3 Å². The molecule has 0 spiro atoms. The van der Waals surface area contributed by atoms with E-state index in [9.17, 15) is 18.0 Å². The summed E-state index contributed by atoms with van der Waals surface area (Å²) in [6.07, 6.45) is -3.02. The van der Waals surface area contributed by atoms with Crippen molar-refractivity contribution in [2.75, 3.05) is 25.1 Å². The standard InChI is InChI=1S/C14H18ClF3N2O2/c1-2-7-22-8-3-6-19-13(21)20-10-4-5-12(15)11(9-10)14(16,17)18/h4-5,9H,2-3,6-8H2,1H3,(H2,19,20,21). The molecule has 0 heterocycles. The highest BCUT2D eigenvalue weighted by molar-refractivity contribution is 6.31. The first-order chi connectivity index (χ1) is 10.3. The minimum Gasteiger partial charge on any atom is -0.381 e. The molecule has 0 unspecified atom stereocenters. The van der Waals surface area contributed by atoms with Crippen LogP contribution in [0.25, 0.3) is 0 Å². The molecule has 4 nitrogen and oxygen atoms in total. The van der Waals surface area contributed by atoms with E-state index < -0.39 is 22.8 Å². The fourth-order valence-electron chi connectivity index (χ4n) is 1.62. The maximum atomic E-state index is 12.7. The van der Waals surface area contributed by atoms with Crippen molar-refractivity contribution in [1.82, 2.24) is 5.32 Å². The highest BCUT2D eigenvalue weighted by Gasteiger charge is 2.33. The molecule has 1 aromatic rings. The third-order valence-electron chi connectivity index (χ3n) is 2.63. The molecular formula is C14H18ClF3N2O2. The largest absolute Gasteiger partial charge is 0.417 e. The molecule has 0 saturated carbocycles. The summed E-state index contributed by atoms with van der Waals surface area (Å²) in [5.41, 5.74) is -0.962. The summed E-state index contributed by atoms with van der Waals surface area (Å²) in [5, 5.41) is 4.46. The van der Waals surface area contributed by atoms with Gasteiger partial charge >= 0.3 is 12.2 Å². The number of hydrogen-bond acceptors (Lipinski definition) is 2. The third-order valence-corrected chi connectivity index (χ3v) is 2.96. The van der Waals surface area contributed by atoms with Gasteiger partial charge in [-0.2, -0.15) is 13.2 Å². The monoisotopic (exact) mass is 338 g/mol. The van der Waals surface area contributed by atoms with Gasteiger partial charge in [0.05, 0.1) is 10.6 Å². The molecule has 1 aromatic carbocycles. The van der Waals surface area contributed by atoms with Gasteiger partial charge in [0.25, 0.3) is 0 Å². The first-order valence-electron chi connectivity index (χ1n) is 6.84. The van der Waals surface area contributed by atoms with E-state index in [1.54, 1.807) is 0 Å². The van der Waals surface area contributed by atoms with Crippen molar-refractivity contribution < 1.29 is 22.7 Å². The number of nitrogens with one attached hydrogen (secondary N) is 2. The average molecular weight is 339 g/mol. The Labute approximate surface area is 132 Å². The number of alkyl halides is 3. The van der Waals surface area contributed by atoms with E-state index in [2.05, 4.69) is 10.6 Å². The van der Waals surface area contributed by atoms with Crippen LogP contribution in [0, 0.1) is 0 Å². The summed E-state index contributed by atoms with van der Waals surface area (Å²) in [5.74, 6) is 0. The average Bonchev–Trinajstić information content (AvgIpc) is 2.43. The molecule has 2 amide bonds. The lowest BCUT2D eigenvalue weighted by molar-refractivity contribution is -0.137. The van der Waals surface area contributed by atoms with Crippen molar-refractivity contribution in [3.8, 4) is 0 Å². The summed E-state index contributed by atoms with van der Waals surface area (Å²) < 4.78 is 43.3. The van der Waals surface area contributed by atoms with Crippen LogP contribution in [0.2, 0.25) is 5.02 Å². The van der Waals surface area contributed by atoms with Crippen LogP contribution in [0.4, 0.5) is 23.7 Å².